The number of phenols is 1. The quantitative estimate of drug-likeness (QED) is 0.208. The molecule has 0 atom stereocenters. The average molecular weight is 468 g/mol. The molecule has 0 aromatic heterocycles. The number of hydrogen-bond donors (Lipinski definition) is 3. The van der Waals surface area contributed by atoms with Crippen molar-refractivity contribution in [2.75, 3.05) is 39.5 Å². The van der Waals surface area contributed by atoms with Crippen molar-refractivity contribution in [3.8, 4) is 5.75 Å². The molecule has 1 rings (SSSR count). The fourth-order valence-corrected chi connectivity index (χ4v) is 3.04. The summed E-state index contributed by atoms with van der Waals surface area (Å²) in [6.07, 6.45) is 5.86. The standard InChI is InChI=1S/C24H36ClNO4.C2H6/c1-4-19(2)23(20(3)25)18-30-15-14-29-13-7-5-6-11-26-12-10-21-8-9-24(28)22(16-21)17-27;1-2/h4,8-9,16,26-28H,1,3,5-7,10-15,17-18H2,2H3;1-2H3/b23-19-;. The Labute approximate surface area is 199 Å². The van der Waals surface area contributed by atoms with Gasteiger partial charge in [0.15, 0.2) is 0 Å². The van der Waals surface area contributed by atoms with E-state index < -0.39 is 0 Å². The van der Waals surface area contributed by atoms with Crippen LogP contribution >= 0.6 is 11.6 Å². The molecule has 1 aromatic carbocycles. The van der Waals surface area contributed by atoms with E-state index in [1.165, 1.54) is 0 Å². The van der Waals surface area contributed by atoms with E-state index in [1.807, 2.05) is 32.9 Å². The van der Waals surface area contributed by atoms with Gasteiger partial charge in [0.1, 0.15) is 5.75 Å². The van der Waals surface area contributed by atoms with E-state index in [4.69, 9.17) is 21.1 Å². The summed E-state index contributed by atoms with van der Waals surface area (Å²) in [6, 6.07) is 5.38. The third-order valence-electron chi connectivity index (χ3n) is 4.77. The van der Waals surface area contributed by atoms with Crippen LogP contribution in [-0.4, -0.2) is 49.7 Å². The van der Waals surface area contributed by atoms with Gasteiger partial charge in [0.05, 0.1) is 26.4 Å². The predicted molar refractivity (Wildman–Crippen MR) is 135 cm³/mol. The maximum absolute atomic E-state index is 9.57. The Morgan fingerprint density at radius 3 is 2.47 bits per heavy atom. The SMILES string of the molecule is C=C/C(C)=C(/COCCOCCCCCNCCc1ccc(O)c(CO)c1)C(=C)Cl.CC. The Balaban J connectivity index is 0.00000466. The number of rotatable bonds is 17. The molecule has 0 aliphatic heterocycles. The molecule has 32 heavy (non-hydrogen) atoms. The second-order valence-electron chi connectivity index (χ2n) is 7.12. The molecule has 0 aliphatic rings. The number of halogens is 1. The lowest BCUT2D eigenvalue weighted by atomic mass is 10.1. The van der Waals surface area contributed by atoms with E-state index in [-0.39, 0.29) is 12.4 Å². The Kier molecular flexibility index (Phi) is 19.0. The molecule has 182 valence electrons. The molecule has 5 nitrogen and oxygen atoms in total. The van der Waals surface area contributed by atoms with Gasteiger partial charge in [-0.3, -0.25) is 0 Å². The number of allylic oxidation sites excluding steroid dienone is 2. The van der Waals surface area contributed by atoms with Gasteiger partial charge in [-0.1, -0.05) is 50.7 Å². The highest BCUT2D eigenvalue weighted by atomic mass is 35.5. The third-order valence-corrected chi connectivity index (χ3v) is 5.00. The number of aliphatic hydroxyl groups is 1. The monoisotopic (exact) mass is 467 g/mol. The molecule has 0 saturated carbocycles. The van der Waals surface area contributed by atoms with Gasteiger partial charge in [0, 0.05) is 17.2 Å². The molecule has 6 heteroatoms. The van der Waals surface area contributed by atoms with Gasteiger partial charge in [0.25, 0.3) is 0 Å². The molecule has 3 N–H and O–H groups in total. The number of aromatic hydroxyl groups is 1. The fourth-order valence-electron chi connectivity index (χ4n) is 2.83. The molecule has 0 fully saturated rings. The minimum atomic E-state index is -0.141. The minimum Gasteiger partial charge on any atom is -0.508 e. The molecular formula is C26H42ClNO4. The van der Waals surface area contributed by atoms with E-state index in [1.54, 1.807) is 12.1 Å². The van der Waals surface area contributed by atoms with Gasteiger partial charge in [0.2, 0.25) is 0 Å². The van der Waals surface area contributed by atoms with E-state index >= 15 is 0 Å². The van der Waals surface area contributed by atoms with Crippen LogP contribution in [0.2, 0.25) is 0 Å². The van der Waals surface area contributed by atoms with E-state index in [9.17, 15) is 10.2 Å². The predicted octanol–water partition coefficient (Wildman–Crippen LogP) is 5.50. The van der Waals surface area contributed by atoms with Crippen molar-refractivity contribution in [2.24, 2.45) is 0 Å². The van der Waals surface area contributed by atoms with E-state index in [0.29, 0.717) is 30.4 Å². The summed E-state index contributed by atoms with van der Waals surface area (Å²) >= 11 is 5.97. The Hall–Kier alpha value is -1.63. The van der Waals surface area contributed by atoms with Gasteiger partial charge in [-0.15, -0.1) is 0 Å². The van der Waals surface area contributed by atoms with Gasteiger partial charge in [-0.05, 0) is 74.5 Å². The highest BCUT2D eigenvalue weighted by Crippen LogP contribution is 2.19. The molecule has 0 heterocycles. The van der Waals surface area contributed by atoms with Crippen LogP contribution in [0.1, 0.15) is 51.2 Å². The smallest absolute Gasteiger partial charge is 0.121 e. The molecule has 0 amide bonds. The van der Waals surface area contributed by atoms with Gasteiger partial charge in [-0.2, -0.15) is 0 Å². The van der Waals surface area contributed by atoms with Crippen molar-refractivity contribution in [1.29, 1.82) is 0 Å². The topological polar surface area (TPSA) is 71.0 Å². The summed E-state index contributed by atoms with van der Waals surface area (Å²) in [6.45, 7) is 17.4. The summed E-state index contributed by atoms with van der Waals surface area (Å²) in [5.41, 5.74) is 3.53. The summed E-state index contributed by atoms with van der Waals surface area (Å²) in [5, 5.41) is 22.7. The minimum absolute atomic E-state index is 0.141. The normalized spacial score (nSPS) is 11.4. The Morgan fingerprint density at radius 2 is 1.81 bits per heavy atom. The van der Waals surface area contributed by atoms with Crippen molar-refractivity contribution in [2.45, 2.75) is 53.1 Å². The summed E-state index contributed by atoms with van der Waals surface area (Å²) in [4.78, 5) is 0. The molecule has 0 saturated heterocycles. The molecule has 1 aromatic rings. The molecular weight excluding hydrogens is 426 g/mol. The van der Waals surface area contributed by atoms with Crippen molar-refractivity contribution < 1.29 is 19.7 Å². The van der Waals surface area contributed by atoms with Crippen LogP contribution in [0.15, 0.2) is 53.6 Å². The second kappa shape index (κ2) is 20.0. The van der Waals surface area contributed by atoms with Gasteiger partial charge >= 0.3 is 0 Å². The van der Waals surface area contributed by atoms with Crippen LogP contribution in [-0.2, 0) is 22.5 Å². The van der Waals surface area contributed by atoms with Gasteiger partial charge < -0.3 is 25.0 Å². The first-order chi connectivity index (χ1) is 15.5. The first-order valence-electron chi connectivity index (χ1n) is 11.4. The highest BCUT2D eigenvalue weighted by Gasteiger charge is 2.04. The zero-order valence-electron chi connectivity index (χ0n) is 20.1. The first kappa shape index (κ1) is 30.4. The zero-order valence-corrected chi connectivity index (χ0v) is 20.8. The highest BCUT2D eigenvalue weighted by molar-refractivity contribution is 6.31. The zero-order chi connectivity index (χ0) is 24.2. The van der Waals surface area contributed by atoms with Crippen LogP contribution in [0.5, 0.6) is 5.75 Å². The number of aliphatic hydroxyl groups excluding tert-OH is 1. The summed E-state index contributed by atoms with van der Waals surface area (Å²) < 4.78 is 11.2. The molecule has 0 radical (unpaired) electrons. The van der Waals surface area contributed by atoms with E-state index in [0.717, 1.165) is 62.1 Å². The number of ether oxygens (including phenoxy) is 2. The Morgan fingerprint density at radius 1 is 1.09 bits per heavy atom. The van der Waals surface area contributed by atoms with Crippen LogP contribution in [0.4, 0.5) is 0 Å². The molecule has 0 spiro atoms. The second-order valence-corrected chi connectivity index (χ2v) is 7.57. The van der Waals surface area contributed by atoms with Crippen LogP contribution < -0.4 is 5.32 Å². The Bertz CT molecular complexity index is 688. The summed E-state index contributed by atoms with van der Waals surface area (Å²) in [5.74, 6) is 0.147. The molecule has 0 unspecified atom stereocenters. The first-order valence-corrected chi connectivity index (χ1v) is 11.8. The molecule has 0 aliphatic carbocycles. The third kappa shape index (κ3) is 13.7. The number of hydrogen-bond acceptors (Lipinski definition) is 5. The number of nitrogens with one attached hydrogen (secondary N) is 1. The van der Waals surface area contributed by atoms with Crippen molar-refractivity contribution in [3.63, 3.8) is 0 Å². The van der Waals surface area contributed by atoms with Crippen LogP contribution in [0.3, 0.4) is 0 Å². The van der Waals surface area contributed by atoms with Crippen LogP contribution in [0.25, 0.3) is 0 Å². The lowest BCUT2D eigenvalue weighted by Gasteiger charge is -2.10. The fraction of sp³-hybridized carbons (Fsp3) is 0.538. The summed E-state index contributed by atoms with van der Waals surface area (Å²) in [7, 11) is 0. The van der Waals surface area contributed by atoms with Crippen molar-refractivity contribution >= 4 is 11.6 Å². The van der Waals surface area contributed by atoms with Crippen molar-refractivity contribution in [1.82, 2.24) is 5.32 Å². The van der Waals surface area contributed by atoms with Gasteiger partial charge in [-0.25, -0.2) is 0 Å². The lowest BCUT2D eigenvalue weighted by molar-refractivity contribution is 0.0550. The lowest BCUT2D eigenvalue weighted by Crippen LogP contribution is -2.18. The average Bonchev–Trinajstić information content (AvgIpc) is 2.80. The number of benzene rings is 1. The van der Waals surface area contributed by atoms with Crippen LogP contribution in [0, 0.1) is 0 Å². The maximum atomic E-state index is 9.57. The number of unbranched alkanes of at least 4 members (excludes halogenated alkanes) is 2. The maximum Gasteiger partial charge on any atom is 0.121 e. The van der Waals surface area contributed by atoms with Crippen molar-refractivity contribution in [3.05, 3.63) is 64.7 Å². The molecule has 0 bridgehead atoms. The van der Waals surface area contributed by atoms with E-state index in [2.05, 4.69) is 18.5 Å². The largest absolute Gasteiger partial charge is 0.508 e.